The number of benzene rings is 1. The number of hydrogen-bond donors (Lipinski definition) is 0. The van der Waals surface area contributed by atoms with Crippen molar-refractivity contribution in [1.82, 2.24) is 9.80 Å². The van der Waals surface area contributed by atoms with Crippen LogP contribution in [0.1, 0.15) is 19.3 Å². The van der Waals surface area contributed by atoms with E-state index in [1.165, 1.54) is 11.3 Å². The summed E-state index contributed by atoms with van der Waals surface area (Å²) in [6, 6.07) is 8.09. The predicted molar refractivity (Wildman–Crippen MR) is 102 cm³/mol. The zero-order valence-electron chi connectivity index (χ0n) is 16.4. The van der Waals surface area contributed by atoms with Crippen LogP contribution < -0.4 is 9.47 Å². The summed E-state index contributed by atoms with van der Waals surface area (Å²) in [5, 5.41) is 0. The van der Waals surface area contributed by atoms with Gasteiger partial charge in [0.1, 0.15) is 5.76 Å². The number of methoxy groups -OCH3 is 2. The van der Waals surface area contributed by atoms with Gasteiger partial charge in [-0.25, -0.2) is 4.79 Å². The summed E-state index contributed by atoms with van der Waals surface area (Å²) in [4.78, 5) is 15.3. The van der Waals surface area contributed by atoms with Gasteiger partial charge in [-0.2, -0.15) is 0 Å². The summed E-state index contributed by atoms with van der Waals surface area (Å²) < 4.78 is 15.4. The van der Waals surface area contributed by atoms with Gasteiger partial charge in [-0.1, -0.05) is 12.1 Å². The molecule has 6 nitrogen and oxygen atoms in total. The van der Waals surface area contributed by atoms with Crippen LogP contribution in [0.5, 0.6) is 11.5 Å². The van der Waals surface area contributed by atoms with Crippen molar-refractivity contribution in [3.05, 3.63) is 36.1 Å². The summed E-state index contributed by atoms with van der Waals surface area (Å²) in [6.07, 6.45) is 5.01. The molecule has 1 aromatic carbocycles. The number of fused-ring (bicyclic) bond motifs is 1. The van der Waals surface area contributed by atoms with Crippen LogP contribution in [0.2, 0.25) is 0 Å². The van der Waals surface area contributed by atoms with Gasteiger partial charge in [0.05, 0.1) is 14.2 Å². The molecule has 0 radical (unpaired) electrons. The van der Waals surface area contributed by atoms with Gasteiger partial charge < -0.3 is 24.0 Å². The average molecular weight is 362 g/mol. The summed E-state index contributed by atoms with van der Waals surface area (Å²) in [5.74, 6) is 3.13. The van der Waals surface area contributed by atoms with Crippen molar-refractivity contribution in [2.45, 2.75) is 25.3 Å². The standard InChI is InChI=1S/C12H20N2O2.C8H10O2/c1-13(2)12(15)16-10-5-4-9-6-7-14(3)11(9)8-10;1-9-7-5-3-4-6-8(7)10-2/h5,9,11H,4,6-8H2,1-3H3;3-6H,1-2H3. The van der Waals surface area contributed by atoms with E-state index in [-0.39, 0.29) is 6.09 Å². The molecular formula is C20H30N2O4. The van der Waals surface area contributed by atoms with Crippen LogP contribution in [0, 0.1) is 5.92 Å². The Kier molecular flexibility index (Phi) is 7.33. The lowest BCUT2D eigenvalue weighted by Crippen LogP contribution is -2.33. The van der Waals surface area contributed by atoms with E-state index in [4.69, 9.17) is 14.2 Å². The summed E-state index contributed by atoms with van der Waals surface area (Å²) >= 11 is 0. The van der Waals surface area contributed by atoms with Crippen LogP contribution in [0.3, 0.4) is 0 Å². The molecule has 2 aliphatic rings. The molecule has 1 aliphatic carbocycles. The van der Waals surface area contributed by atoms with E-state index in [9.17, 15) is 4.79 Å². The van der Waals surface area contributed by atoms with Gasteiger partial charge in [0, 0.05) is 26.6 Å². The Hall–Kier alpha value is -2.21. The Morgan fingerprint density at radius 1 is 1.15 bits per heavy atom. The highest BCUT2D eigenvalue weighted by Crippen LogP contribution is 2.35. The van der Waals surface area contributed by atoms with E-state index < -0.39 is 0 Å². The highest BCUT2D eigenvalue weighted by molar-refractivity contribution is 5.68. The number of hydrogen-bond acceptors (Lipinski definition) is 5. The maximum Gasteiger partial charge on any atom is 0.414 e. The molecule has 6 heteroatoms. The lowest BCUT2D eigenvalue weighted by molar-refractivity contribution is 0.132. The Labute approximate surface area is 156 Å². The smallest absolute Gasteiger partial charge is 0.414 e. The second kappa shape index (κ2) is 9.48. The molecule has 0 N–H and O–H groups in total. The topological polar surface area (TPSA) is 51.2 Å². The minimum absolute atomic E-state index is 0.273. The molecule has 0 saturated carbocycles. The zero-order valence-corrected chi connectivity index (χ0v) is 16.4. The maximum absolute atomic E-state index is 11.4. The first-order valence-corrected chi connectivity index (χ1v) is 8.91. The molecule has 0 bridgehead atoms. The number of carbonyl (C=O) groups excluding carboxylic acids is 1. The fraction of sp³-hybridized carbons (Fsp3) is 0.550. The van der Waals surface area contributed by atoms with Crippen LogP contribution >= 0.6 is 0 Å². The van der Waals surface area contributed by atoms with E-state index in [1.807, 2.05) is 24.3 Å². The van der Waals surface area contributed by atoms with Gasteiger partial charge in [-0.05, 0) is 50.6 Å². The van der Waals surface area contributed by atoms with Crippen molar-refractivity contribution in [3.8, 4) is 11.5 Å². The zero-order chi connectivity index (χ0) is 19.1. The molecule has 2 unspecified atom stereocenters. The largest absolute Gasteiger partial charge is 0.493 e. The van der Waals surface area contributed by atoms with E-state index >= 15 is 0 Å². The third kappa shape index (κ3) is 5.14. The number of nitrogens with zero attached hydrogens (tertiary/aromatic N) is 2. The second-order valence-electron chi connectivity index (χ2n) is 6.82. The average Bonchev–Trinajstić information content (AvgIpc) is 3.02. The summed E-state index contributed by atoms with van der Waals surface area (Å²) in [7, 11) is 8.81. The van der Waals surface area contributed by atoms with Crippen molar-refractivity contribution >= 4 is 6.09 Å². The lowest BCUT2D eigenvalue weighted by Gasteiger charge is -2.29. The Bertz CT molecular complexity index is 607. The number of likely N-dealkylation sites (tertiary alicyclic amines) is 1. The number of carbonyl (C=O) groups is 1. The fourth-order valence-electron chi connectivity index (χ4n) is 3.33. The van der Waals surface area contributed by atoms with Crippen molar-refractivity contribution in [1.29, 1.82) is 0 Å². The maximum atomic E-state index is 11.4. The monoisotopic (exact) mass is 362 g/mol. The minimum atomic E-state index is -0.273. The molecule has 1 fully saturated rings. The molecule has 1 aliphatic heterocycles. The quantitative estimate of drug-likeness (QED) is 0.825. The number of allylic oxidation sites excluding steroid dienone is 1. The normalized spacial score (nSPS) is 21.7. The van der Waals surface area contributed by atoms with Gasteiger partial charge in [0.15, 0.2) is 11.5 Å². The van der Waals surface area contributed by atoms with Crippen LogP contribution in [0.25, 0.3) is 0 Å². The van der Waals surface area contributed by atoms with Crippen LogP contribution in [-0.4, -0.2) is 63.8 Å². The van der Waals surface area contributed by atoms with Crippen molar-refractivity contribution in [2.75, 3.05) is 41.9 Å². The molecule has 0 aromatic heterocycles. The van der Waals surface area contributed by atoms with Gasteiger partial charge in [-0.3, -0.25) is 0 Å². The molecule has 144 valence electrons. The number of amides is 1. The van der Waals surface area contributed by atoms with E-state index in [1.54, 1.807) is 28.3 Å². The van der Waals surface area contributed by atoms with Crippen molar-refractivity contribution in [2.24, 2.45) is 5.92 Å². The van der Waals surface area contributed by atoms with Gasteiger partial charge in [-0.15, -0.1) is 0 Å². The predicted octanol–water partition coefficient (Wildman–Crippen LogP) is 3.39. The Morgan fingerprint density at radius 2 is 1.77 bits per heavy atom. The van der Waals surface area contributed by atoms with E-state index in [0.29, 0.717) is 6.04 Å². The molecular weight excluding hydrogens is 332 g/mol. The number of para-hydroxylation sites is 2. The van der Waals surface area contributed by atoms with Crippen LogP contribution in [-0.2, 0) is 4.74 Å². The third-order valence-electron chi connectivity index (χ3n) is 4.89. The molecule has 1 amide bonds. The molecule has 2 atom stereocenters. The highest BCUT2D eigenvalue weighted by Gasteiger charge is 2.35. The van der Waals surface area contributed by atoms with E-state index in [0.717, 1.165) is 42.6 Å². The van der Waals surface area contributed by atoms with Crippen molar-refractivity contribution < 1.29 is 19.0 Å². The SMILES string of the molecule is CN(C)C(=O)OC1=CCC2CCN(C)C2C1.COc1ccccc1OC. The molecule has 1 saturated heterocycles. The van der Waals surface area contributed by atoms with Gasteiger partial charge in [0.2, 0.25) is 0 Å². The molecule has 1 heterocycles. The lowest BCUT2D eigenvalue weighted by atomic mass is 9.89. The summed E-state index contributed by atoms with van der Waals surface area (Å²) in [6.45, 7) is 1.16. The highest BCUT2D eigenvalue weighted by atomic mass is 16.6. The third-order valence-corrected chi connectivity index (χ3v) is 4.89. The summed E-state index contributed by atoms with van der Waals surface area (Å²) in [5.41, 5.74) is 0. The second-order valence-corrected chi connectivity index (χ2v) is 6.82. The van der Waals surface area contributed by atoms with Crippen LogP contribution in [0.4, 0.5) is 4.79 Å². The Morgan fingerprint density at radius 3 is 2.31 bits per heavy atom. The first-order valence-electron chi connectivity index (χ1n) is 8.91. The minimum Gasteiger partial charge on any atom is -0.493 e. The fourth-order valence-corrected chi connectivity index (χ4v) is 3.33. The van der Waals surface area contributed by atoms with Crippen LogP contribution in [0.15, 0.2) is 36.1 Å². The number of rotatable bonds is 3. The van der Waals surface area contributed by atoms with E-state index in [2.05, 4.69) is 18.0 Å². The van der Waals surface area contributed by atoms with Gasteiger partial charge in [0.25, 0.3) is 0 Å². The first-order chi connectivity index (χ1) is 12.5. The van der Waals surface area contributed by atoms with Crippen molar-refractivity contribution in [3.63, 3.8) is 0 Å². The molecule has 26 heavy (non-hydrogen) atoms. The van der Waals surface area contributed by atoms with Gasteiger partial charge >= 0.3 is 6.09 Å². The molecule has 0 spiro atoms. The Balaban J connectivity index is 0.000000209. The molecule has 1 aromatic rings. The molecule has 3 rings (SSSR count). The number of ether oxygens (including phenoxy) is 3. The first kappa shape index (κ1) is 20.1.